The van der Waals surface area contributed by atoms with Crippen LogP contribution in [0.25, 0.3) is 0 Å². The molecule has 15 heteroatoms. The van der Waals surface area contributed by atoms with Gasteiger partial charge in [0.15, 0.2) is 0 Å². The highest BCUT2D eigenvalue weighted by Crippen LogP contribution is 2.34. The summed E-state index contributed by atoms with van der Waals surface area (Å²) in [7, 11) is 3.94. The Labute approximate surface area is 363 Å². The summed E-state index contributed by atoms with van der Waals surface area (Å²) in [5.74, 6) is -1.23. The van der Waals surface area contributed by atoms with Crippen LogP contribution >= 0.6 is 47.8 Å². The summed E-state index contributed by atoms with van der Waals surface area (Å²) in [4.78, 5) is 45.0. The summed E-state index contributed by atoms with van der Waals surface area (Å²) in [6.07, 6.45) is 6.99. The molecule has 0 atom stereocenters. The van der Waals surface area contributed by atoms with E-state index in [-0.39, 0.29) is 46.4 Å². The number of hydrogen-bond donors (Lipinski definition) is 3. The Bertz CT molecular complexity index is 2110. The number of halogens is 3. The van der Waals surface area contributed by atoms with Crippen LogP contribution < -0.4 is 9.47 Å². The van der Waals surface area contributed by atoms with Crippen LogP contribution in [0.15, 0.2) is 68.0 Å². The molecule has 0 spiro atoms. The molecule has 0 unspecified atom stereocenters. The second-order valence-electron chi connectivity index (χ2n) is 13.4. The molecule has 2 fully saturated rings. The summed E-state index contributed by atoms with van der Waals surface area (Å²) in [5, 5.41) is 28.0. The van der Waals surface area contributed by atoms with Crippen LogP contribution in [0.1, 0.15) is 102 Å². The predicted octanol–water partition coefficient (Wildman–Crippen LogP) is 10.6. The number of ether oxygens (including phenoxy) is 5. The van der Waals surface area contributed by atoms with E-state index in [1.54, 1.807) is 44.2 Å². The van der Waals surface area contributed by atoms with Crippen molar-refractivity contribution in [3.8, 4) is 23.0 Å². The molecule has 0 heterocycles. The number of rotatable bonds is 8. The Morgan fingerprint density at radius 1 is 0.534 bits per heavy atom. The Hall–Kier alpha value is -4.60. The first-order valence-electron chi connectivity index (χ1n) is 18.1. The lowest BCUT2D eigenvalue weighted by molar-refractivity contribution is 0.0578. The number of carboxylic acid groups (broad SMARTS) is 1. The quantitative estimate of drug-likeness (QED) is 0.113. The fourth-order valence-electron chi connectivity index (χ4n) is 5.44. The molecule has 6 rings (SSSR count). The maximum atomic E-state index is 11.7. The molecule has 4 aromatic rings. The van der Waals surface area contributed by atoms with Crippen molar-refractivity contribution in [2.75, 3.05) is 21.3 Å². The molecule has 0 aliphatic heterocycles. The van der Waals surface area contributed by atoms with Gasteiger partial charge in [0, 0.05) is 13.4 Å². The standard InChI is InChI=1S/C13H15BrO3.C12H13BrO3.C9H9BrO3.C9H10O3/c1-8-6-9(14)7-11(13(15)16-2)12(8)17-10-4-3-5-10;1-7-5-8(13)6-10(12(14)15)11(7)16-9-3-2-4-9;1-5-3-6(10)4-7(8(5)11)9(12)13-2;1-6-4-3-5-7(8(6)10)9(11)12-2/h6-7,10H,3-5H2,1-2H3;5-6,9H,2-4H2,1H3,(H,14,15);3-4,11H,1-2H3;3-5,10H,1-2H3. The number of aromatic carboxylic acids is 1. The second kappa shape index (κ2) is 22.5. The van der Waals surface area contributed by atoms with Crippen molar-refractivity contribution in [1.29, 1.82) is 0 Å². The first-order valence-corrected chi connectivity index (χ1v) is 20.5. The van der Waals surface area contributed by atoms with Gasteiger partial charge in [-0.25, -0.2) is 19.2 Å². The number of esters is 3. The molecule has 58 heavy (non-hydrogen) atoms. The summed E-state index contributed by atoms with van der Waals surface area (Å²) >= 11 is 9.90. The van der Waals surface area contributed by atoms with Gasteiger partial charge in [0.1, 0.15) is 45.3 Å². The SMILES string of the molecule is COC(=O)c1cc(Br)cc(C)c1O.COC(=O)c1cc(Br)cc(C)c1OC1CCC1.COC(=O)c1cccc(C)c1O.Cc1cc(Br)cc(C(=O)O)c1OC1CCC1. The van der Waals surface area contributed by atoms with E-state index in [0.717, 1.165) is 50.2 Å². The Kier molecular flexibility index (Phi) is 18.6. The van der Waals surface area contributed by atoms with Crippen LogP contribution in [0.3, 0.4) is 0 Å². The summed E-state index contributed by atoms with van der Waals surface area (Å²) in [5.41, 5.74) is 4.22. The van der Waals surface area contributed by atoms with Crippen molar-refractivity contribution in [3.63, 3.8) is 0 Å². The van der Waals surface area contributed by atoms with Crippen LogP contribution in [0.5, 0.6) is 23.0 Å². The molecule has 12 nitrogen and oxygen atoms in total. The molecule has 2 saturated carbocycles. The molecule has 3 N–H and O–H groups in total. The highest BCUT2D eigenvalue weighted by Gasteiger charge is 2.25. The van der Waals surface area contributed by atoms with Crippen molar-refractivity contribution in [2.45, 2.75) is 78.4 Å². The largest absolute Gasteiger partial charge is 0.507 e. The van der Waals surface area contributed by atoms with Crippen LogP contribution in [0.2, 0.25) is 0 Å². The van der Waals surface area contributed by atoms with Crippen molar-refractivity contribution >= 4 is 71.7 Å². The molecule has 0 bridgehead atoms. The number of carbonyl (C=O) groups is 4. The summed E-state index contributed by atoms with van der Waals surface area (Å²) in [6, 6.07) is 15.3. The highest BCUT2D eigenvalue weighted by atomic mass is 79.9. The number of phenols is 2. The average molecular weight is 996 g/mol. The monoisotopic (exact) mass is 992 g/mol. The molecule has 2 aliphatic carbocycles. The van der Waals surface area contributed by atoms with E-state index in [2.05, 4.69) is 57.3 Å². The van der Waals surface area contributed by atoms with E-state index in [1.165, 1.54) is 46.3 Å². The first kappa shape index (κ1) is 47.8. The van der Waals surface area contributed by atoms with Crippen LogP contribution in [-0.4, -0.2) is 72.7 Å². The van der Waals surface area contributed by atoms with Crippen LogP contribution in [0, 0.1) is 27.7 Å². The Morgan fingerprint density at radius 3 is 1.34 bits per heavy atom. The van der Waals surface area contributed by atoms with Gasteiger partial charge in [0.2, 0.25) is 0 Å². The van der Waals surface area contributed by atoms with E-state index in [4.69, 9.17) is 19.3 Å². The lowest BCUT2D eigenvalue weighted by Gasteiger charge is -2.28. The third-order valence-electron chi connectivity index (χ3n) is 9.10. The van der Waals surface area contributed by atoms with Gasteiger partial charge in [-0.15, -0.1) is 0 Å². The number of hydrogen-bond acceptors (Lipinski definition) is 11. The van der Waals surface area contributed by atoms with Crippen LogP contribution in [0.4, 0.5) is 0 Å². The molecule has 0 amide bonds. The molecule has 0 radical (unpaired) electrons. The molecule has 0 aromatic heterocycles. The van der Waals surface area contributed by atoms with Crippen molar-refractivity contribution in [1.82, 2.24) is 0 Å². The number of carbonyl (C=O) groups excluding carboxylic acids is 3. The zero-order chi connectivity index (χ0) is 43.3. The summed E-state index contributed by atoms with van der Waals surface area (Å²) < 4.78 is 27.7. The maximum Gasteiger partial charge on any atom is 0.341 e. The third-order valence-corrected chi connectivity index (χ3v) is 10.5. The van der Waals surface area contributed by atoms with Crippen molar-refractivity contribution in [2.24, 2.45) is 0 Å². The van der Waals surface area contributed by atoms with Gasteiger partial charge in [-0.1, -0.05) is 59.9 Å². The molecular formula is C43H47Br3O12. The highest BCUT2D eigenvalue weighted by molar-refractivity contribution is 9.11. The average Bonchev–Trinajstić information content (AvgIpc) is 3.14. The third kappa shape index (κ3) is 13.2. The van der Waals surface area contributed by atoms with E-state index in [1.807, 2.05) is 26.0 Å². The fraction of sp³-hybridized carbons (Fsp3) is 0.349. The predicted molar refractivity (Wildman–Crippen MR) is 229 cm³/mol. The minimum atomic E-state index is -0.946. The number of aryl methyl sites for hydroxylation is 4. The molecule has 2 aliphatic rings. The maximum absolute atomic E-state index is 11.7. The van der Waals surface area contributed by atoms with Gasteiger partial charge in [-0.2, -0.15) is 0 Å². The second-order valence-corrected chi connectivity index (χ2v) is 16.2. The summed E-state index contributed by atoms with van der Waals surface area (Å²) in [6.45, 7) is 7.24. The van der Waals surface area contributed by atoms with Gasteiger partial charge in [-0.3, -0.25) is 0 Å². The van der Waals surface area contributed by atoms with E-state index >= 15 is 0 Å². The number of para-hydroxylation sites is 1. The van der Waals surface area contributed by atoms with Crippen molar-refractivity contribution < 1.29 is 58.2 Å². The molecule has 312 valence electrons. The van der Waals surface area contributed by atoms with Gasteiger partial charge >= 0.3 is 23.9 Å². The number of benzene rings is 4. The fourth-order valence-corrected chi connectivity index (χ4v) is 7.16. The zero-order valence-corrected chi connectivity index (χ0v) is 38.0. The van der Waals surface area contributed by atoms with Gasteiger partial charge < -0.3 is 39.0 Å². The van der Waals surface area contributed by atoms with Gasteiger partial charge in [0.25, 0.3) is 0 Å². The Morgan fingerprint density at radius 2 is 0.914 bits per heavy atom. The van der Waals surface area contributed by atoms with Crippen molar-refractivity contribution in [3.05, 3.63) is 113 Å². The first-order chi connectivity index (χ1) is 27.4. The molecule has 0 saturated heterocycles. The van der Waals surface area contributed by atoms with E-state index in [0.29, 0.717) is 28.2 Å². The van der Waals surface area contributed by atoms with Gasteiger partial charge in [-0.05, 0) is 131 Å². The lowest BCUT2D eigenvalue weighted by Crippen LogP contribution is -2.26. The molecular weight excluding hydrogens is 948 g/mol. The normalized spacial score (nSPS) is 12.9. The number of carboxylic acids is 1. The number of aromatic hydroxyl groups is 2. The Balaban J connectivity index is 0.000000209. The van der Waals surface area contributed by atoms with E-state index < -0.39 is 17.9 Å². The minimum absolute atomic E-state index is 0.00986. The minimum Gasteiger partial charge on any atom is -0.507 e. The molecule has 4 aromatic carbocycles. The van der Waals surface area contributed by atoms with E-state index in [9.17, 15) is 29.4 Å². The smallest absolute Gasteiger partial charge is 0.341 e. The lowest BCUT2D eigenvalue weighted by atomic mass is 9.96. The van der Waals surface area contributed by atoms with Gasteiger partial charge in [0.05, 0.1) is 33.5 Å². The number of methoxy groups -OCH3 is 3. The topological polar surface area (TPSA) is 175 Å². The van der Waals surface area contributed by atoms with Crippen LogP contribution in [-0.2, 0) is 14.2 Å². The zero-order valence-electron chi connectivity index (χ0n) is 33.2. The number of phenolic OH excluding ortho intramolecular Hbond substituents is 2.